The van der Waals surface area contributed by atoms with Gasteiger partial charge in [-0.3, -0.25) is 4.79 Å². The van der Waals surface area contributed by atoms with Gasteiger partial charge in [-0.05, 0) is 56.2 Å². The van der Waals surface area contributed by atoms with Gasteiger partial charge in [0.1, 0.15) is 5.75 Å². The highest BCUT2D eigenvalue weighted by Crippen LogP contribution is 2.23. The highest BCUT2D eigenvalue weighted by molar-refractivity contribution is 7.89. The predicted molar refractivity (Wildman–Crippen MR) is 108 cm³/mol. The first-order valence-corrected chi connectivity index (χ1v) is 11.1. The quantitative estimate of drug-likeness (QED) is 0.774. The van der Waals surface area contributed by atoms with Crippen molar-refractivity contribution in [3.63, 3.8) is 0 Å². The molecule has 6 nitrogen and oxygen atoms in total. The molecule has 1 aliphatic rings. The zero-order valence-corrected chi connectivity index (χ0v) is 17.2. The molecule has 1 amide bonds. The maximum Gasteiger partial charge on any atom is 0.257 e. The monoisotopic (exact) mass is 422 g/mol. The normalized spacial score (nSPS) is 15.4. The summed E-state index contributed by atoms with van der Waals surface area (Å²) in [6.45, 7) is 3.32. The van der Waals surface area contributed by atoms with E-state index in [1.165, 1.54) is 12.1 Å². The lowest BCUT2D eigenvalue weighted by molar-refractivity contribution is 0.0707. The first-order valence-electron chi connectivity index (χ1n) is 9.19. The molecular formula is C20H23ClN2O4S. The second-order valence-corrected chi connectivity index (χ2v) is 8.72. The molecule has 0 bridgehead atoms. The fourth-order valence-electron chi connectivity index (χ4n) is 3.20. The Morgan fingerprint density at radius 3 is 2.43 bits per heavy atom. The maximum absolute atomic E-state index is 12.8. The fraction of sp³-hybridized carbons (Fsp3) is 0.350. The average Bonchev–Trinajstić information content (AvgIpc) is 2.69. The SMILES string of the molecule is CCOc1ccccc1C(=O)N1CCC(NS(=O)(=O)c2ccc(Cl)cc2)CC1. The van der Waals surface area contributed by atoms with Crippen LogP contribution in [-0.4, -0.2) is 45.0 Å². The number of piperidine rings is 1. The number of carbonyl (C=O) groups excluding carboxylic acids is 1. The number of carbonyl (C=O) groups is 1. The highest BCUT2D eigenvalue weighted by Gasteiger charge is 2.28. The zero-order chi connectivity index (χ0) is 20.1. The van der Waals surface area contributed by atoms with E-state index >= 15 is 0 Å². The third-order valence-electron chi connectivity index (χ3n) is 4.65. The minimum absolute atomic E-state index is 0.0944. The van der Waals surface area contributed by atoms with Gasteiger partial charge in [0.25, 0.3) is 5.91 Å². The van der Waals surface area contributed by atoms with Crippen LogP contribution in [0.4, 0.5) is 0 Å². The van der Waals surface area contributed by atoms with E-state index in [2.05, 4.69) is 4.72 Å². The van der Waals surface area contributed by atoms with Gasteiger partial charge in [-0.15, -0.1) is 0 Å². The van der Waals surface area contributed by atoms with Crippen LogP contribution in [-0.2, 0) is 10.0 Å². The molecule has 3 rings (SSSR count). The number of sulfonamides is 1. The number of benzene rings is 2. The Bertz CT molecular complexity index is 923. The number of rotatable bonds is 6. The van der Waals surface area contributed by atoms with Gasteiger partial charge in [-0.2, -0.15) is 0 Å². The zero-order valence-electron chi connectivity index (χ0n) is 15.6. The molecule has 0 atom stereocenters. The van der Waals surface area contributed by atoms with Gasteiger partial charge in [0.15, 0.2) is 0 Å². The second kappa shape index (κ2) is 8.94. The second-order valence-electron chi connectivity index (χ2n) is 6.57. The molecule has 1 aliphatic heterocycles. The van der Waals surface area contributed by atoms with Crippen molar-refractivity contribution in [3.8, 4) is 5.75 Å². The van der Waals surface area contributed by atoms with Gasteiger partial charge in [0.05, 0.1) is 17.1 Å². The Morgan fingerprint density at radius 1 is 1.14 bits per heavy atom. The number of nitrogens with one attached hydrogen (secondary N) is 1. The van der Waals surface area contributed by atoms with Gasteiger partial charge in [-0.25, -0.2) is 13.1 Å². The molecule has 1 saturated heterocycles. The van der Waals surface area contributed by atoms with Crippen LogP contribution in [0.1, 0.15) is 30.1 Å². The lowest BCUT2D eigenvalue weighted by Crippen LogP contribution is -2.46. The smallest absolute Gasteiger partial charge is 0.257 e. The number of halogens is 1. The number of ether oxygens (including phenoxy) is 1. The van der Waals surface area contributed by atoms with E-state index in [1.807, 2.05) is 19.1 Å². The molecule has 0 unspecified atom stereocenters. The van der Waals surface area contributed by atoms with Crippen molar-refractivity contribution in [3.05, 3.63) is 59.1 Å². The summed E-state index contributed by atoms with van der Waals surface area (Å²) in [4.78, 5) is 14.8. The van der Waals surface area contributed by atoms with Crippen LogP contribution in [0.3, 0.4) is 0 Å². The van der Waals surface area contributed by atoms with Crippen LogP contribution in [0.15, 0.2) is 53.4 Å². The number of hydrogen-bond acceptors (Lipinski definition) is 4. The van der Waals surface area contributed by atoms with Crippen molar-refractivity contribution in [1.82, 2.24) is 9.62 Å². The van der Waals surface area contributed by atoms with Gasteiger partial charge in [0, 0.05) is 24.2 Å². The van der Waals surface area contributed by atoms with Crippen molar-refractivity contribution < 1.29 is 17.9 Å². The van der Waals surface area contributed by atoms with E-state index in [9.17, 15) is 13.2 Å². The van der Waals surface area contributed by atoms with E-state index in [1.54, 1.807) is 29.2 Å². The van der Waals surface area contributed by atoms with Crippen molar-refractivity contribution in [1.29, 1.82) is 0 Å². The summed E-state index contributed by atoms with van der Waals surface area (Å²) in [6, 6.07) is 13.0. The van der Waals surface area contributed by atoms with Crippen LogP contribution in [0, 0.1) is 0 Å². The summed E-state index contributed by atoms with van der Waals surface area (Å²) in [5.41, 5.74) is 0.532. The molecule has 28 heavy (non-hydrogen) atoms. The minimum Gasteiger partial charge on any atom is -0.493 e. The molecule has 0 radical (unpaired) electrons. The van der Waals surface area contributed by atoms with Crippen molar-refractivity contribution in [2.45, 2.75) is 30.7 Å². The maximum atomic E-state index is 12.8. The van der Waals surface area contributed by atoms with E-state index in [0.29, 0.717) is 48.9 Å². The number of amides is 1. The van der Waals surface area contributed by atoms with Crippen LogP contribution >= 0.6 is 11.6 Å². The number of likely N-dealkylation sites (tertiary alicyclic amines) is 1. The van der Waals surface area contributed by atoms with E-state index in [4.69, 9.17) is 16.3 Å². The lowest BCUT2D eigenvalue weighted by atomic mass is 10.0. The molecule has 0 saturated carbocycles. The molecular weight excluding hydrogens is 400 g/mol. The molecule has 1 heterocycles. The summed E-state index contributed by atoms with van der Waals surface area (Å²) >= 11 is 5.82. The van der Waals surface area contributed by atoms with Crippen molar-refractivity contribution in [2.24, 2.45) is 0 Å². The highest BCUT2D eigenvalue weighted by atomic mass is 35.5. The molecule has 0 spiro atoms. The Labute approximate surface area is 170 Å². The molecule has 8 heteroatoms. The molecule has 1 fully saturated rings. The summed E-state index contributed by atoms with van der Waals surface area (Å²) in [6.07, 6.45) is 1.10. The summed E-state index contributed by atoms with van der Waals surface area (Å²) in [5, 5.41) is 0.484. The summed E-state index contributed by atoms with van der Waals surface area (Å²) in [5.74, 6) is 0.476. The van der Waals surface area contributed by atoms with Crippen LogP contribution in [0.25, 0.3) is 0 Å². The van der Waals surface area contributed by atoms with Crippen molar-refractivity contribution >= 4 is 27.5 Å². The Morgan fingerprint density at radius 2 is 1.79 bits per heavy atom. The third kappa shape index (κ3) is 4.84. The van der Waals surface area contributed by atoms with Gasteiger partial charge in [0.2, 0.25) is 10.0 Å². The third-order valence-corrected chi connectivity index (χ3v) is 6.43. The number of hydrogen-bond donors (Lipinski definition) is 1. The average molecular weight is 423 g/mol. The largest absolute Gasteiger partial charge is 0.493 e. The molecule has 1 N–H and O–H groups in total. The fourth-order valence-corrected chi connectivity index (χ4v) is 4.63. The predicted octanol–water partition coefficient (Wildman–Crippen LogP) is 3.32. The van der Waals surface area contributed by atoms with Crippen LogP contribution < -0.4 is 9.46 Å². The summed E-state index contributed by atoms with van der Waals surface area (Å²) < 4.78 is 33.3. The number of para-hydroxylation sites is 1. The molecule has 150 valence electrons. The van der Waals surface area contributed by atoms with E-state index in [-0.39, 0.29) is 16.8 Å². The first-order chi connectivity index (χ1) is 13.4. The Balaban J connectivity index is 1.61. The van der Waals surface area contributed by atoms with Gasteiger partial charge in [-0.1, -0.05) is 23.7 Å². The van der Waals surface area contributed by atoms with Crippen LogP contribution in [0.2, 0.25) is 5.02 Å². The van der Waals surface area contributed by atoms with Crippen LogP contribution in [0.5, 0.6) is 5.75 Å². The van der Waals surface area contributed by atoms with E-state index in [0.717, 1.165) is 0 Å². The Hall–Kier alpha value is -2.09. The van der Waals surface area contributed by atoms with E-state index < -0.39 is 10.0 Å². The van der Waals surface area contributed by atoms with Gasteiger partial charge >= 0.3 is 0 Å². The van der Waals surface area contributed by atoms with Crippen molar-refractivity contribution in [2.75, 3.05) is 19.7 Å². The lowest BCUT2D eigenvalue weighted by Gasteiger charge is -2.32. The summed E-state index contributed by atoms with van der Waals surface area (Å²) in [7, 11) is -3.61. The molecule has 2 aromatic rings. The molecule has 0 aromatic heterocycles. The van der Waals surface area contributed by atoms with Gasteiger partial charge < -0.3 is 9.64 Å². The standard InChI is InChI=1S/C20H23ClN2O4S/c1-2-27-19-6-4-3-5-18(19)20(24)23-13-11-16(12-14-23)22-28(25,26)17-9-7-15(21)8-10-17/h3-10,16,22H,2,11-14H2,1H3. The Kier molecular flexibility index (Phi) is 6.59. The molecule has 2 aromatic carbocycles. The number of nitrogens with zero attached hydrogens (tertiary/aromatic N) is 1. The minimum atomic E-state index is -3.61. The molecule has 0 aliphatic carbocycles. The first kappa shape index (κ1) is 20.6. The topological polar surface area (TPSA) is 75.7 Å².